The van der Waals surface area contributed by atoms with Crippen molar-refractivity contribution in [3.63, 3.8) is 0 Å². The van der Waals surface area contributed by atoms with Gasteiger partial charge in [-0.1, -0.05) is 55.6 Å². The lowest BCUT2D eigenvalue weighted by Gasteiger charge is -2.16. The summed E-state index contributed by atoms with van der Waals surface area (Å²) in [5.74, 6) is 0.451. The van der Waals surface area contributed by atoms with Gasteiger partial charge in [0.2, 0.25) is 0 Å². The van der Waals surface area contributed by atoms with Crippen molar-refractivity contribution in [3.05, 3.63) is 62.8 Å². The number of ether oxygens (including phenoxy) is 1. The summed E-state index contributed by atoms with van der Waals surface area (Å²) < 4.78 is 20.1. The van der Waals surface area contributed by atoms with Crippen LogP contribution < -0.4 is 4.74 Å². The molecule has 0 aliphatic carbocycles. The standard InChI is InChI=1S/C15H12Br2ClFO/c1-20-15-7-9(16)5-6-10(15)12(17)8-11-13(18)3-2-4-14(11)19/h2-7,12H,8H2,1H3. The average Bonchev–Trinajstić information content (AvgIpc) is 2.42. The summed E-state index contributed by atoms with van der Waals surface area (Å²) >= 11 is 13.0. The molecule has 0 aliphatic rings. The number of benzene rings is 2. The third kappa shape index (κ3) is 3.54. The molecule has 0 spiro atoms. The van der Waals surface area contributed by atoms with E-state index in [9.17, 15) is 4.39 Å². The first-order valence-electron chi connectivity index (χ1n) is 5.93. The molecule has 0 saturated carbocycles. The summed E-state index contributed by atoms with van der Waals surface area (Å²) in [5, 5.41) is 0.436. The molecule has 0 saturated heterocycles. The van der Waals surface area contributed by atoms with Crippen LogP contribution in [0.5, 0.6) is 5.75 Å². The summed E-state index contributed by atoms with van der Waals surface area (Å²) in [6.07, 6.45) is 0.448. The number of hydrogen-bond acceptors (Lipinski definition) is 1. The molecule has 2 aromatic rings. The molecule has 0 aliphatic heterocycles. The molecule has 0 radical (unpaired) electrons. The van der Waals surface area contributed by atoms with Gasteiger partial charge in [0, 0.05) is 25.4 Å². The zero-order chi connectivity index (χ0) is 14.7. The molecule has 0 bridgehead atoms. The van der Waals surface area contributed by atoms with E-state index in [-0.39, 0.29) is 10.6 Å². The molecule has 0 fully saturated rings. The van der Waals surface area contributed by atoms with Crippen LogP contribution in [0, 0.1) is 5.82 Å². The van der Waals surface area contributed by atoms with Gasteiger partial charge in [-0.2, -0.15) is 0 Å². The van der Waals surface area contributed by atoms with E-state index in [0.717, 1.165) is 15.8 Å². The molecule has 1 nitrogen and oxygen atoms in total. The lowest BCUT2D eigenvalue weighted by Crippen LogP contribution is -2.01. The third-order valence-electron chi connectivity index (χ3n) is 2.98. The van der Waals surface area contributed by atoms with Gasteiger partial charge in [-0.05, 0) is 30.7 Å². The Labute approximate surface area is 139 Å². The fraction of sp³-hybridized carbons (Fsp3) is 0.200. The van der Waals surface area contributed by atoms with E-state index >= 15 is 0 Å². The number of halogens is 4. The predicted octanol–water partition coefficient (Wildman–Crippen LogP) is 5.93. The monoisotopic (exact) mass is 420 g/mol. The maximum absolute atomic E-state index is 13.8. The van der Waals surface area contributed by atoms with Crippen molar-refractivity contribution >= 4 is 43.5 Å². The first-order valence-corrected chi connectivity index (χ1v) is 8.02. The topological polar surface area (TPSA) is 9.23 Å². The smallest absolute Gasteiger partial charge is 0.127 e. The molecule has 20 heavy (non-hydrogen) atoms. The van der Waals surface area contributed by atoms with Gasteiger partial charge in [-0.25, -0.2) is 4.39 Å². The van der Waals surface area contributed by atoms with E-state index < -0.39 is 0 Å². The fourth-order valence-electron chi connectivity index (χ4n) is 1.96. The van der Waals surface area contributed by atoms with Crippen LogP contribution in [0.2, 0.25) is 5.02 Å². The molecule has 106 valence electrons. The third-order valence-corrected chi connectivity index (χ3v) is 4.64. The molecule has 0 aromatic heterocycles. The van der Waals surface area contributed by atoms with Crippen LogP contribution in [0.3, 0.4) is 0 Å². The Morgan fingerprint density at radius 2 is 2.05 bits per heavy atom. The Morgan fingerprint density at radius 1 is 1.30 bits per heavy atom. The molecular formula is C15H12Br2ClFO. The van der Waals surface area contributed by atoms with Crippen LogP contribution in [0.1, 0.15) is 16.0 Å². The zero-order valence-electron chi connectivity index (χ0n) is 10.7. The van der Waals surface area contributed by atoms with Crippen LogP contribution in [0.25, 0.3) is 0 Å². The van der Waals surface area contributed by atoms with Crippen LogP contribution in [-0.2, 0) is 6.42 Å². The Kier molecular flexibility index (Phi) is 5.47. The molecule has 0 N–H and O–H groups in total. The van der Waals surface area contributed by atoms with Crippen LogP contribution in [0.4, 0.5) is 4.39 Å². The maximum atomic E-state index is 13.8. The van der Waals surface area contributed by atoms with Gasteiger partial charge in [0.15, 0.2) is 0 Å². The van der Waals surface area contributed by atoms with Crippen LogP contribution in [-0.4, -0.2) is 7.11 Å². The second-order valence-electron chi connectivity index (χ2n) is 4.26. The van der Waals surface area contributed by atoms with E-state index in [1.807, 2.05) is 18.2 Å². The molecule has 0 heterocycles. The van der Waals surface area contributed by atoms with Gasteiger partial charge in [-0.15, -0.1) is 0 Å². The van der Waals surface area contributed by atoms with E-state index in [4.69, 9.17) is 16.3 Å². The highest BCUT2D eigenvalue weighted by Gasteiger charge is 2.17. The Hall–Kier alpha value is -0.580. The summed E-state index contributed by atoms with van der Waals surface area (Å²) in [6, 6.07) is 10.5. The summed E-state index contributed by atoms with van der Waals surface area (Å²) in [4.78, 5) is -0.0834. The second-order valence-corrected chi connectivity index (χ2v) is 6.69. The highest BCUT2D eigenvalue weighted by molar-refractivity contribution is 9.10. The van der Waals surface area contributed by atoms with Crippen molar-refractivity contribution in [1.82, 2.24) is 0 Å². The predicted molar refractivity (Wildman–Crippen MR) is 87.5 cm³/mol. The molecule has 2 rings (SSSR count). The molecule has 0 amide bonds. The highest BCUT2D eigenvalue weighted by Crippen LogP contribution is 2.37. The molecule has 5 heteroatoms. The van der Waals surface area contributed by atoms with Crippen molar-refractivity contribution < 1.29 is 9.13 Å². The number of alkyl halides is 1. The van der Waals surface area contributed by atoms with Gasteiger partial charge in [0.1, 0.15) is 11.6 Å². The first-order chi connectivity index (χ1) is 9.52. The number of rotatable bonds is 4. The van der Waals surface area contributed by atoms with Gasteiger partial charge < -0.3 is 4.74 Å². The highest BCUT2D eigenvalue weighted by atomic mass is 79.9. The SMILES string of the molecule is COc1cc(Br)ccc1C(Br)Cc1c(F)cccc1Cl. The van der Waals surface area contributed by atoms with Gasteiger partial charge >= 0.3 is 0 Å². The number of methoxy groups -OCH3 is 1. The Bertz CT molecular complexity index is 599. The van der Waals surface area contributed by atoms with Crippen LogP contribution >= 0.6 is 43.5 Å². The van der Waals surface area contributed by atoms with E-state index in [0.29, 0.717) is 17.0 Å². The maximum Gasteiger partial charge on any atom is 0.127 e. The summed E-state index contributed by atoms with van der Waals surface area (Å²) in [7, 11) is 1.61. The molecule has 1 atom stereocenters. The minimum Gasteiger partial charge on any atom is -0.496 e. The van der Waals surface area contributed by atoms with Crippen molar-refractivity contribution in [1.29, 1.82) is 0 Å². The normalized spacial score (nSPS) is 12.2. The average molecular weight is 423 g/mol. The zero-order valence-corrected chi connectivity index (χ0v) is 14.6. The Morgan fingerprint density at radius 3 is 2.70 bits per heavy atom. The van der Waals surface area contributed by atoms with Crippen molar-refractivity contribution in [2.75, 3.05) is 7.11 Å². The minimum atomic E-state index is -0.293. The van der Waals surface area contributed by atoms with Crippen molar-refractivity contribution in [2.45, 2.75) is 11.2 Å². The van der Waals surface area contributed by atoms with E-state index in [1.165, 1.54) is 6.07 Å². The summed E-state index contributed by atoms with van der Waals surface area (Å²) in [5.41, 5.74) is 1.45. The molecular weight excluding hydrogens is 410 g/mol. The van der Waals surface area contributed by atoms with Crippen molar-refractivity contribution in [3.8, 4) is 5.75 Å². The summed E-state index contributed by atoms with van der Waals surface area (Å²) in [6.45, 7) is 0. The lowest BCUT2D eigenvalue weighted by atomic mass is 10.0. The largest absolute Gasteiger partial charge is 0.496 e. The first kappa shape index (κ1) is 15.8. The molecule has 2 aromatic carbocycles. The Balaban J connectivity index is 2.31. The lowest BCUT2D eigenvalue weighted by molar-refractivity contribution is 0.409. The van der Waals surface area contributed by atoms with Gasteiger partial charge in [0.25, 0.3) is 0 Å². The van der Waals surface area contributed by atoms with Gasteiger partial charge in [0.05, 0.1) is 7.11 Å². The van der Waals surface area contributed by atoms with Crippen molar-refractivity contribution in [2.24, 2.45) is 0 Å². The fourth-order valence-corrected chi connectivity index (χ4v) is 3.24. The van der Waals surface area contributed by atoms with E-state index in [2.05, 4.69) is 31.9 Å². The number of hydrogen-bond donors (Lipinski definition) is 0. The minimum absolute atomic E-state index is 0.0834. The molecule has 1 unspecified atom stereocenters. The van der Waals surface area contributed by atoms with E-state index in [1.54, 1.807) is 19.2 Å². The second kappa shape index (κ2) is 6.92. The van der Waals surface area contributed by atoms with Gasteiger partial charge in [-0.3, -0.25) is 0 Å². The van der Waals surface area contributed by atoms with Crippen LogP contribution in [0.15, 0.2) is 40.9 Å². The quantitative estimate of drug-likeness (QED) is 0.555.